The van der Waals surface area contributed by atoms with Crippen LogP contribution in [0.15, 0.2) is 18.2 Å². The van der Waals surface area contributed by atoms with Crippen molar-refractivity contribution < 1.29 is 9.90 Å². The fourth-order valence-corrected chi connectivity index (χ4v) is 2.52. The Bertz CT molecular complexity index is 497. The highest BCUT2D eigenvalue weighted by molar-refractivity contribution is 6.03. The molecule has 2 aliphatic rings. The second-order valence-corrected chi connectivity index (χ2v) is 5.37. The van der Waals surface area contributed by atoms with Gasteiger partial charge in [-0.1, -0.05) is 6.07 Å². The number of aliphatic hydroxyl groups excluding tert-OH is 1. The number of anilines is 2. The molecule has 1 atom stereocenters. The van der Waals surface area contributed by atoms with Crippen LogP contribution in [0.3, 0.4) is 0 Å². The maximum atomic E-state index is 11.7. The van der Waals surface area contributed by atoms with Gasteiger partial charge in [0.25, 0.3) is 5.91 Å². The van der Waals surface area contributed by atoms with Crippen LogP contribution < -0.4 is 9.80 Å². The molecule has 1 aliphatic carbocycles. The van der Waals surface area contributed by atoms with E-state index < -0.39 is 6.10 Å². The molecular weight excluding hydrogens is 228 g/mol. The largest absolute Gasteiger partial charge is 0.378 e. The normalized spacial score (nSPS) is 22.3. The van der Waals surface area contributed by atoms with Crippen LogP contribution in [0.4, 0.5) is 11.4 Å². The van der Waals surface area contributed by atoms with Gasteiger partial charge in [-0.05, 0) is 30.9 Å². The fraction of sp³-hybridized carbons (Fsp3) is 0.500. The van der Waals surface area contributed by atoms with Gasteiger partial charge in [-0.3, -0.25) is 4.79 Å². The summed E-state index contributed by atoms with van der Waals surface area (Å²) in [6.07, 6.45) is 1.66. The summed E-state index contributed by atoms with van der Waals surface area (Å²) in [7, 11) is 3.79. The Hall–Kier alpha value is -1.55. The Labute approximate surface area is 107 Å². The molecule has 1 aliphatic heterocycles. The minimum Gasteiger partial charge on any atom is -0.378 e. The molecule has 96 valence electrons. The molecular formula is C14H18N2O2. The molecule has 0 spiro atoms. The Balaban J connectivity index is 1.89. The lowest BCUT2D eigenvalue weighted by atomic mass is 10.1. The first-order valence-electron chi connectivity index (χ1n) is 6.38. The molecule has 1 N–H and O–H groups in total. The van der Waals surface area contributed by atoms with Gasteiger partial charge in [-0.25, -0.2) is 0 Å². The summed E-state index contributed by atoms with van der Waals surface area (Å²) in [5.74, 6) is 0.584. The van der Waals surface area contributed by atoms with Gasteiger partial charge in [0.05, 0.1) is 5.69 Å². The van der Waals surface area contributed by atoms with Gasteiger partial charge in [0.15, 0.2) is 6.10 Å². The van der Waals surface area contributed by atoms with E-state index in [-0.39, 0.29) is 5.91 Å². The van der Waals surface area contributed by atoms with Crippen molar-refractivity contribution in [3.05, 3.63) is 23.8 Å². The van der Waals surface area contributed by atoms with Crippen molar-refractivity contribution in [2.24, 2.45) is 5.92 Å². The molecule has 0 bridgehead atoms. The second-order valence-electron chi connectivity index (χ2n) is 5.37. The number of amides is 1. The first-order chi connectivity index (χ1) is 8.58. The molecule has 1 unspecified atom stereocenters. The number of carbonyl (C=O) groups excluding carboxylic acids is 1. The average Bonchev–Trinajstić information content (AvgIpc) is 3.15. The van der Waals surface area contributed by atoms with Crippen LogP contribution in [0.1, 0.15) is 24.5 Å². The zero-order valence-corrected chi connectivity index (χ0v) is 10.8. The standard InChI is InChI=1S/C14H18N2O2/c1-15(8-9-3-4-9)10-5-6-11-12(7-10)16(2)14(18)13(11)17/h5-7,9,13,17H,3-4,8H2,1-2H3. The molecule has 3 rings (SSSR count). The van der Waals surface area contributed by atoms with E-state index in [9.17, 15) is 9.90 Å². The molecule has 1 amide bonds. The number of benzene rings is 1. The Morgan fingerprint density at radius 3 is 2.83 bits per heavy atom. The molecule has 0 radical (unpaired) electrons. The minimum atomic E-state index is -0.993. The third-order valence-corrected chi connectivity index (χ3v) is 3.90. The molecule has 1 heterocycles. The monoisotopic (exact) mass is 246 g/mol. The average molecular weight is 246 g/mol. The number of rotatable bonds is 3. The zero-order chi connectivity index (χ0) is 12.9. The van der Waals surface area contributed by atoms with Crippen LogP contribution in [0, 0.1) is 5.92 Å². The summed E-state index contributed by atoms with van der Waals surface area (Å²) in [5, 5.41) is 9.80. The molecule has 1 aromatic carbocycles. The summed E-state index contributed by atoms with van der Waals surface area (Å²) in [5.41, 5.74) is 2.65. The van der Waals surface area contributed by atoms with E-state index >= 15 is 0 Å². The van der Waals surface area contributed by atoms with Crippen LogP contribution in [-0.2, 0) is 4.79 Å². The SMILES string of the molecule is CN(CC1CC1)c1ccc2c(c1)N(C)C(=O)C2O. The molecule has 1 saturated carbocycles. The van der Waals surface area contributed by atoms with E-state index in [4.69, 9.17) is 0 Å². The Kier molecular flexibility index (Phi) is 2.55. The number of fused-ring (bicyclic) bond motifs is 1. The lowest BCUT2D eigenvalue weighted by Gasteiger charge is -2.20. The summed E-state index contributed by atoms with van der Waals surface area (Å²) in [4.78, 5) is 15.5. The van der Waals surface area contributed by atoms with Crippen molar-refractivity contribution in [1.29, 1.82) is 0 Å². The number of aliphatic hydroxyl groups is 1. The predicted molar refractivity (Wildman–Crippen MR) is 70.8 cm³/mol. The lowest BCUT2D eigenvalue weighted by molar-refractivity contribution is -0.125. The lowest BCUT2D eigenvalue weighted by Crippen LogP contribution is -2.24. The minimum absolute atomic E-state index is 0.244. The first kappa shape index (κ1) is 11.5. The van der Waals surface area contributed by atoms with Gasteiger partial charge in [0, 0.05) is 31.9 Å². The van der Waals surface area contributed by atoms with Gasteiger partial charge < -0.3 is 14.9 Å². The van der Waals surface area contributed by atoms with E-state index in [0.717, 1.165) is 23.8 Å². The molecule has 18 heavy (non-hydrogen) atoms. The smallest absolute Gasteiger partial charge is 0.260 e. The van der Waals surface area contributed by atoms with Crippen LogP contribution in [-0.4, -0.2) is 31.7 Å². The molecule has 1 aromatic rings. The number of carbonyl (C=O) groups is 1. The summed E-state index contributed by atoms with van der Waals surface area (Å²) in [6.45, 7) is 1.07. The third-order valence-electron chi connectivity index (χ3n) is 3.90. The van der Waals surface area contributed by atoms with Crippen LogP contribution in [0.2, 0.25) is 0 Å². The van der Waals surface area contributed by atoms with Crippen molar-refractivity contribution in [3.8, 4) is 0 Å². The number of hydrogen-bond acceptors (Lipinski definition) is 3. The van der Waals surface area contributed by atoms with E-state index in [2.05, 4.69) is 11.9 Å². The Morgan fingerprint density at radius 2 is 2.17 bits per heavy atom. The van der Waals surface area contributed by atoms with Crippen LogP contribution in [0.25, 0.3) is 0 Å². The van der Waals surface area contributed by atoms with Crippen molar-refractivity contribution in [3.63, 3.8) is 0 Å². The van der Waals surface area contributed by atoms with Crippen molar-refractivity contribution in [1.82, 2.24) is 0 Å². The van der Waals surface area contributed by atoms with E-state index in [1.807, 2.05) is 18.2 Å². The summed E-state index contributed by atoms with van der Waals surface area (Å²) in [6, 6.07) is 5.84. The van der Waals surface area contributed by atoms with Gasteiger partial charge in [-0.15, -0.1) is 0 Å². The maximum absolute atomic E-state index is 11.7. The van der Waals surface area contributed by atoms with Gasteiger partial charge in [0.1, 0.15) is 0 Å². The third kappa shape index (κ3) is 1.77. The molecule has 0 saturated heterocycles. The predicted octanol–water partition coefficient (Wildman–Crippen LogP) is 1.54. The quantitative estimate of drug-likeness (QED) is 0.880. The highest BCUT2D eigenvalue weighted by Crippen LogP contribution is 2.38. The van der Waals surface area contributed by atoms with Crippen molar-refractivity contribution in [2.75, 3.05) is 30.4 Å². The molecule has 0 aromatic heterocycles. The van der Waals surface area contributed by atoms with Gasteiger partial charge >= 0.3 is 0 Å². The molecule has 4 heteroatoms. The molecule has 1 fully saturated rings. The summed E-state index contributed by atoms with van der Waals surface area (Å²) < 4.78 is 0. The van der Waals surface area contributed by atoms with Crippen LogP contribution in [0.5, 0.6) is 0 Å². The Morgan fingerprint density at radius 1 is 1.44 bits per heavy atom. The highest BCUT2D eigenvalue weighted by Gasteiger charge is 2.34. The van der Waals surface area contributed by atoms with Crippen molar-refractivity contribution >= 4 is 17.3 Å². The number of nitrogens with zero attached hydrogens (tertiary/aromatic N) is 2. The summed E-state index contributed by atoms with van der Waals surface area (Å²) >= 11 is 0. The highest BCUT2D eigenvalue weighted by atomic mass is 16.3. The van der Waals surface area contributed by atoms with E-state index in [1.54, 1.807) is 7.05 Å². The number of hydrogen-bond donors (Lipinski definition) is 1. The maximum Gasteiger partial charge on any atom is 0.260 e. The second kappa shape index (κ2) is 3.99. The van der Waals surface area contributed by atoms with Gasteiger partial charge in [-0.2, -0.15) is 0 Å². The van der Waals surface area contributed by atoms with Gasteiger partial charge in [0.2, 0.25) is 0 Å². The van der Waals surface area contributed by atoms with E-state index in [0.29, 0.717) is 5.56 Å². The zero-order valence-electron chi connectivity index (χ0n) is 10.8. The fourth-order valence-electron chi connectivity index (χ4n) is 2.52. The molecule has 4 nitrogen and oxygen atoms in total. The number of likely N-dealkylation sites (N-methyl/N-ethyl adjacent to an activating group) is 1. The van der Waals surface area contributed by atoms with E-state index in [1.165, 1.54) is 17.7 Å². The first-order valence-corrected chi connectivity index (χ1v) is 6.38. The van der Waals surface area contributed by atoms with Crippen LogP contribution >= 0.6 is 0 Å². The topological polar surface area (TPSA) is 43.8 Å². The van der Waals surface area contributed by atoms with Crippen molar-refractivity contribution in [2.45, 2.75) is 18.9 Å².